The molecule has 1 unspecified atom stereocenters. The van der Waals surface area contributed by atoms with E-state index in [1.54, 1.807) is 12.1 Å². The summed E-state index contributed by atoms with van der Waals surface area (Å²) in [6.45, 7) is 5.83. The van der Waals surface area contributed by atoms with Crippen molar-refractivity contribution in [3.63, 3.8) is 0 Å². The van der Waals surface area contributed by atoms with Crippen molar-refractivity contribution in [3.05, 3.63) is 33.9 Å². The Hall–Kier alpha value is -2.11. The number of benzene rings is 1. The van der Waals surface area contributed by atoms with Crippen molar-refractivity contribution < 1.29 is 9.72 Å². The number of nitrogens with one attached hydrogen (secondary N) is 1. The summed E-state index contributed by atoms with van der Waals surface area (Å²) in [6.07, 6.45) is 0.590. The van der Waals surface area contributed by atoms with Gasteiger partial charge in [-0.05, 0) is 24.5 Å². The van der Waals surface area contributed by atoms with Crippen LogP contribution in [0.4, 0.5) is 11.4 Å². The topological polar surface area (TPSA) is 75.5 Å². The normalized spacial score (nSPS) is 18.4. The van der Waals surface area contributed by atoms with E-state index in [9.17, 15) is 14.9 Å². The molecule has 0 radical (unpaired) electrons. The first-order valence-corrected chi connectivity index (χ1v) is 6.80. The lowest BCUT2D eigenvalue weighted by Crippen LogP contribution is -2.24. The quantitative estimate of drug-likeness (QED) is 0.662. The zero-order valence-corrected chi connectivity index (χ0v) is 11.8. The van der Waals surface area contributed by atoms with Crippen molar-refractivity contribution in [2.45, 2.75) is 26.8 Å². The summed E-state index contributed by atoms with van der Waals surface area (Å²) in [5.74, 6) is 0.537. The van der Waals surface area contributed by atoms with Crippen molar-refractivity contribution in [1.82, 2.24) is 4.90 Å². The largest absolute Gasteiger partial charge is 0.380 e. The van der Waals surface area contributed by atoms with Crippen LogP contribution in [0.3, 0.4) is 0 Å². The average Bonchev–Trinajstić information content (AvgIpc) is 2.68. The Kier molecular flexibility index (Phi) is 4.22. The smallest absolute Gasteiger partial charge is 0.292 e. The molecule has 1 aromatic rings. The predicted molar refractivity (Wildman–Crippen MR) is 76.5 cm³/mol. The molecule has 0 aliphatic carbocycles. The lowest BCUT2D eigenvalue weighted by atomic mass is 10.1. The Morgan fingerprint density at radius 2 is 2.25 bits per heavy atom. The SMILES string of the molecule is CCNc1cc(CN2CC(C)CC2=O)ccc1[N+](=O)[O-]. The van der Waals surface area contributed by atoms with Crippen molar-refractivity contribution in [3.8, 4) is 0 Å². The van der Waals surface area contributed by atoms with E-state index in [-0.39, 0.29) is 11.6 Å². The fourth-order valence-electron chi connectivity index (χ4n) is 2.52. The van der Waals surface area contributed by atoms with Crippen LogP contribution in [0, 0.1) is 16.0 Å². The van der Waals surface area contributed by atoms with Gasteiger partial charge >= 0.3 is 0 Å². The van der Waals surface area contributed by atoms with Gasteiger partial charge in [-0.1, -0.05) is 13.0 Å². The monoisotopic (exact) mass is 277 g/mol. The van der Waals surface area contributed by atoms with Crippen LogP contribution in [-0.4, -0.2) is 28.8 Å². The molecule has 2 rings (SSSR count). The first-order valence-electron chi connectivity index (χ1n) is 6.80. The Balaban J connectivity index is 2.18. The second-order valence-corrected chi connectivity index (χ2v) is 5.22. The summed E-state index contributed by atoms with van der Waals surface area (Å²) in [4.78, 5) is 24.1. The van der Waals surface area contributed by atoms with Gasteiger partial charge in [0.25, 0.3) is 5.69 Å². The van der Waals surface area contributed by atoms with E-state index in [4.69, 9.17) is 0 Å². The van der Waals surface area contributed by atoms with Crippen LogP contribution in [-0.2, 0) is 11.3 Å². The molecule has 1 fully saturated rings. The standard InChI is InChI=1S/C14H19N3O3/c1-3-15-12-7-11(4-5-13(12)17(19)20)9-16-8-10(2)6-14(16)18/h4-5,7,10,15H,3,6,8-9H2,1-2H3. The van der Waals surface area contributed by atoms with Crippen molar-refractivity contribution in [2.75, 3.05) is 18.4 Å². The van der Waals surface area contributed by atoms with E-state index in [0.29, 0.717) is 31.1 Å². The van der Waals surface area contributed by atoms with Gasteiger partial charge in [0.15, 0.2) is 0 Å². The Morgan fingerprint density at radius 3 is 2.80 bits per heavy atom. The minimum absolute atomic E-state index is 0.0664. The highest BCUT2D eigenvalue weighted by atomic mass is 16.6. The van der Waals surface area contributed by atoms with Crippen molar-refractivity contribution in [2.24, 2.45) is 5.92 Å². The molecule has 0 aromatic heterocycles. The summed E-state index contributed by atoms with van der Waals surface area (Å²) >= 11 is 0. The van der Waals surface area contributed by atoms with Crippen molar-refractivity contribution >= 4 is 17.3 Å². The molecule has 1 saturated heterocycles. The maximum Gasteiger partial charge on any atom is 0.292 e. The molecule has 1 atom stereocenters. The van der Waals surface area contributed by atoms with Gasteiger partial charge in [-0.2, -0.15) is 0 Å². The molecule has 1 aromatic carbocycles. The maximum absolute atomic E-state index is 11.8. The highest BCUT2D eigenvalue weighted by molar-refractivity contribution is 5.78. The Labute approximate surface area is 117 Å². The Morgan fingerprint density at radius 1 is 1.50 bits per heavy atom. The van der Waals surface area contributed by atoms with Crippen LogP contribution in [0.15, 0.2) is 18.2 Å². The van der Waals surface area contributed by atoms with Gasteiger partial charge in [0, 0.05) is 32.1 Å². The number of carbonyl (C=O) groups is 1. The zero-order chi connectivity index (χ0) is 14.7. The van der Waals surface area contributed by atoms with E-state index in [0.717, 1.165) is 12.1 Å². The summed E-state index contributed by atoms with van der Waals surface area (Å²) < 4.78 is 0. The number of amides is 1. The molecule has 108 valence electrons. The molecule has 6 heteroatoms. The number of likely N-dealkylation sites (tertiary alicyclic amines) is 1. The summed E-state index contributed by atoms with van der Waals surface area (Å²) in [7, 11) is 0. The zero-order valence-electron chi connectivity index (χ0n) is 11.8. The number of hydrogen-bond donors (Lipinski definition) is 1. The van der Waals surface area contributed by atoms with Gasteiger partial charge in [-0.25, -0.2) is 0 Å². The third-order valence-electron chi connectivity index (χ3n) is 3.41. The van der Waals surface area contributed by atoms with Crippen LogP contribution in [0.5, 0.6) is 0 Å². The summed E-state index contributed by atoms with van der Waals surface area (Å²) in [5.41, 5.74) is 1.49. The second kappa shape index (κ2) is 5.90. The number of nitro groups is 1. The van der Waals surface area contributed by atoms with Gasteiger partial charge in [0.05, 0.1) is 4.92 Å². The molecule has 20 heavy (non-hydrogen) atoms. The first kappa shape index (κ1) is 14.3. The van der Waals surface area contributed by atoms with Crippen LogP contribution in [0.2, 0.25) is 0 Å². The molecule has 1 heterocycles. The lowest BCUT2D eigenvalue weighted by Gasteiger charge is -2.17. The van der Waals surface area contributed by atoms with E-state index in [2.05, 4.69) is 12.2 Å². The van der Waals surface area contributed by atoms with E-state index >= 15 is 0 Å². The minimum atomic E-state index is -0.398. The van der Waals surface area contributed by atoms with Crippen LogP contribution < -0.4 is 5.32 Å². The predicted octanol–water partition coefficient (Wildman–Crippen LogP) is 2.40. The molecule has 1 aliphatic heterocycles. The number of hydrogen-bond acceptors (Lipinski definition) is 4. The summed E-state index contributed by atoms with van der Waals surface area (Å²) in [6, 6.07) is 4.98. The van der Waals surface area contributed by atoms with Crippen LogP contribution in [0.1, 0.15) is 25.8 Å². The third-order valence-corrected chi connectivity index (χ3v) is 3.41. The minimum Gasteiger partial charge on any atom is -0.380 e. The molecule has 1 aliphatic rings. The molecular weight excluding hydrogens is 258 g/mol. The summed E-state index contributed by atoms with van der Waals surface area (Å²) in [5, 5.41) is 13.9. The first-order chi connectivity index (χ1) is 9.51. The number of rotatable bonds is 5. The van der Waals surface area contributed by atoms with E-state index in [1.165, 1.54) is 6.07 Å². The molecular formula is C14H19N3O3. The van der Waals surface area contributed by atoms with Gasteiger partial charge in [-0.15, -0.1) is 0 Å². The number of anilines is 1. The fraction of sp³-hybridized carbons (Fsp3) is 0.500. The molecule has 0 spiro atoms. The molecule has 0 bridgehead atoms. The van der Waals surface area contributed by atoms with Crippen LogP contribution >= 0.6 is 0 Å². The number of nitro benzene ring substituents is 1. The van der Waals surface area contributed by atoms with Gasteiger partial charge in [0.1, 0.15) is 5.69 Å². The van der Waals surface area contributed by atoms with E-state index < -0.39 is 4.92 Å². The molecule has 1 N–H and O–H groups in total. The number of carbonyl (C=O) groups excluding carboxylic acids is 1. The van der Waals surface area contributed by atoms with Gasteiger partial charge in [-0.3, -0.25) is 14.9 Å². The third kappa shape index (κ3) is 3.07. The second-order valence-electron chi connectivity index (χ2n) is 5.22. The van der Waals surface area contributed by atoms with Crippen molar-refractivity contribution in [1.29, 1.82) is 0 Å². The molecule has 0 saturated carbocycles. The van der Waals surface area contributed by atoms with E-state index in [1.807, 2.05) is 11.8 Å². The highest BCUT2D eigenvalue weighted by Crippen LogP contribution is 2.27. The molecule has 6 nitrogen and oxygen atoms in total. The van der Waals surface area contributed by atoms with Gasteiger partial charge < -0.3 is 10.2 Å². The Bertz CT molecular complexity index is 530. The van der Waals surface area contributed by atoms with Gasteiger partial charge in [0.2, 0.25) is 5.91 Å². The molecule has 1 amide bonds. The highest BCUT2D eigenvalue weighted by Gasteiger charge is 2.26. The fourth-order valence-corrected chi connectivity index (χ4v) is 2.52. The number of nitrogens with zero attached hydrogens (tertiary/aromatic N) is 2. The average molecular weight is 277 g/mol. The van der Waals surface area contributed by atoms with Crippen LogP contribution in [0.25, 0.3) is 0 Å². The lowest BCUT2D eigenvalue weighted by molar-refractivity contribution is -0.384. The maximum atomic E-state index is 11.8.